The van der Waals surface area contributed by atoms with E-state index in [1.807, 2.05) is 18.7 Å². The summed E-state index contributed by atoms with van der Waals surface area (Å²) in [6.45, 7) is 1.86. The van der Waals surface area contributed by atoms with Crippen LogP contribution in [0, 0.1) is 0 Å². The third-order valence-electron chi connectivity index (χ3n) is 2.29. The Bertz CT molecular complexity index is 151. The van der Waals surface area contributed by atoms with Gasteiger partial charge in [-0.15, -0.1) is 0 Å². The molecule has 0 radical (unpaired) electrons. The molecule has 1 aliphatic carbocycles. The van der Waals surface area contributed by atoms with Gasteiger partial charge in [0, 0.05) is 12.2 Å². The molecular formula is C9H16OS2. The second-order valence-corrected chi connectivity index (χ2v) is 4.96. The van der Waals surface area contributed by atoms with Gasteiger partial charge in [-0.05, 0) is 44.2 Å². The van der Waals surface area contributed by atoms with Crippen molar-refractivity contribution in [2.75, 3.05) is 6.26 Å². The third-order valence-corrected chi connectivity index (χ3v) is 3.52. The van der Waals surface area contributed by atoms with Crippen molar-refractivity contribution in [3.8, 4) is 0 Å². The fourth-order valence-electron chi connectivity index (χ4n) is 1.62. The fourth-order valence-corrected chi connectivity index (χ4v) is 2.50. The van der Waals surface area contributed by atoms with Gasteiger partial charge in [-0.3, -0.25) is 0 Å². The summed E-state index contributed by atoms with van der Waals surface area (Å²) >= 11 is 6.89. The molecule has 3 heteroatoms. The zero-order chi connectivity index (χ0) is 8.97. The van der Waals surface area contributed by atoms with Crippen molar-refractivity contribution >= 4 is 29.0 Å². The minimum atomic E-state index is 0.408. The molecule has 0 N–H and O–H groups in total. The second kappa shape index (κ2) is 5.07. The summed E-state index contributed by atoms with van der Waals surface area (Å²) in [6, 6.07) is 0. The second-order valence-electron chi connectivity index (χ2n) is 3.24. The Kier molecular flexibility index (Phi) is 4.36. The van der Waals surface area contributed by atoms with Gasteiger partial charge in [0.25, 0.3) is 0 Å². The van der Waals surface area contributed by atoms with Gasteiger partial charge in [-0.1, -0.05) is 0 Å². The van der Waals surface area contributed by atoms with Crippen LogP contribution < -0.4 is 0 Å². The van der Waals surface area contributed by atoms with Crippen LogP contribution in [0.2, 0.25) is 0 Å². The van der Waals surface area contributed by atoms with E-state index in [0.29, 0.717) is 11.2 Å². The van der Waals surface area contributed by atoms with Crippen molar-refractivity contribution in [2.45, 2.75) is 44.0 Å². The van der Waals surface area contributed by atoms with Crippen molar-refractivity contribution in [2.24, 2.45) is 0 Å². The maximum atomic E-state index is 5.51. The number of hydrogen-bond acceptors (Lipinski definition) is 3. The lowest BCUT2D eigenvalue weighted by atomic mass is 9.97. The molecule has 0 heterocycles. The molecule has 0 aromatic heterocycles. The molecule has 0 aliphatic heterocycles. The molecule has 0 bridgehead atoms. The highest BCUT2D eigenvalue weighted by Gasteiger charge is 2.21. The lowest BCUT2D eigenvalue weighted by Crippen LogP contribution is -2.23. The average Bonchev–Trinajstić information content (AvgIpc) is 2.05. The molecule has 0 atom stereocenters. The van der Waals surface area contributed by atoms with Crippen molar-refractivity contribution in [3.63, 3.8) is 0 Å². The van der Waals surface area contributed by atoms with Gasteiger partial charge in [0.05, 0.1) is 6.10 Å². The van der Waals surface area contributed by atoms with Gasteiger partial charge in [0.2, 0.25) is 0 Å². The van der Waals surface area contributed by atoms with Gasteiger partial charge in [-0.2, -0.15) is 11.8 Å². The molecule has 0 spiro atoms. The first-order chi connectivity index (χ1) is 5.72. The van der Waals surface area contributed by atoms with Gasteiger partial charge in [0.15, 0.2) is 5.05 Å². The number of rotatable bonds is 2. The maximum Gasteiger partial charge on any atom is 0.157 e. The van der Waals surface area contributed by atoms with Crippen LogP contribution in [0.3, 0.4) is 0 Å². The van der Waals surface area contributed by atoms with E-state index in [9.17, 15) is 0 Å². The summed E-state index contributed by atoms with van der Waals surface area (Å²) in [7, 11) is 0. The predicted molar refractivity (Wildman–Crippen MR) is 58.9 cm³/mol. The first-order valence-corrected chi connectivity index (χ1v) is 6.12. The monoisotopic (exact) mass is 204 g/mol. The first kappa shape index (κ1) is 10.3. The Morgan fingerprint density at radius 1 is 1.33 bits per heavy atom. The van der Waals surface area contributed by atoms with E-state index in [0.717, 1.165) is 5.25 Å². The molecule has 0 amide bonds. The highest BCUT2D eigenvalue weighted by molar-refractivity contribution is 7.99. The number of thiocarbonyl (C=S) groups is 1. The zero-order valence-electron chi connectivity index (χ0n) is 7.71. The molecular weight excluding hydrogens is 188 g/mol. The Hall–Kier alpha value is 0.240. The van der Waals surface area contributed by atoms with Crippen LogP contribution in [0.4, 0.5) is 0 Å². The van der Waals surface area contributed by atoms with Crippen LogP contribution in [0.25, 0.3) is 0 Å². The molecule has 0 aromatic rings. The van der Waals surface area contributed by atoms with Crippen molar-refractivity contribution in [3.05, 3.63) is 0 Å². The van der Waals surface area contributed by atoms with Crippen LogP contribution >= 0.6 is 24.0 Å². The van der Waals surface area contributed by atoms with Gasteiger partial charge >= 0.3 is 0 Å². The van der Waals surface area contributed by atoms with E-state index >= 15 is 0 Å². The van der Waals surface area contributed by atoms with Crippen molar-refractivity contribution in [1.82, 2.24) is 0 Å². The van der Waals surface area contributed by atoms with Gasteiger partial charge in [-0.25, -0.2) is 0 Å². The first-order valence-electron chi connectivity index (χ1n) is 4.42. The van der Waals surface area contributed by atoms with E-state index in [4.69, 9.17) is 17.0 Å². The molecule has 1 nitrogen and oxygen atoms in total. The summed E-state index contributed by atoms with van der Waals surface area (Å²) in [5.41, 5.74) is 0. The fraction of sp³-hybridized carbons (Fsp3) is 0.889. The molecule has 0 aromatic carbocycles. The molecule has 12 heavy (non-hydrogen) atoms. The maximum absolute atomic E-state index is 5.51. The third kappa shape index (κ3) is 3.31. The van der Waals surface area contributed by atoms with Crippen molar-refractivity contribution < 1.29 is 4.74 Å². The molecule has 70 valence electrons. The zero-order valence-corrected chi connectivity index (χ0v) is 9.34. The summed E-state index contributed by atoms with van der Waals surface area (Å²) in [6.07, 6.45) is 7.53. The summed E-state index contributed by atoms with van der Waals surface area (Å²) < 4.78 is 5.51. The molecule has 0 saturated heterocycles. The Labute approximate surface area is 84.2 Å². The van der Waals surface area contributed by atoms with Gasteiger partial charge in [0.1, 0.15) is 0 Å². The van der Waals surface area contributed by atoms with Crippen LogP contribution in [-0.4, -0.2) is 22.7 Å². The molecule has 1 saturated carbocycles. The number of hydrogen-bond donors (Lipinski definition) is 0. The van der Waals surface area contributed by atoms with Crippen LogP contribution in [0.5, 0.6) is 0 Å². The Morgan fingerprint density at radius 2 is 1.92 bits per heavy atom. The molecule has 0 unspecified atom stereocenters. The Balaban J connectivity index is 2.21. The lowest BCUT2D eigenvalue weighted by molar-refractivity contribution is 0.148. The number of ether oxygens (including phenoxy) is 1. The largest absolute Gasteiger partial charge is 0.484 e. The van der Waals surface area contributed by atoms with E-state index in [2.05, 4.69) is 6.26 Å². The normalized spacial score (nSPS) is 29.8. The minimum Gasteiger partial charge on any atom is -0.484 e. The highest BCUT2D eigenvalue weighted by Crippen LogP contribution is 2.28. The SMILES string of the molecule is CSC1CCC(OC(C)=S)CC1. The summed E-state index contributed by atoms with van der Waals surface area (Å²) in [5, 5.41) is 1.55. The Morgan fingerprint density at radius 3 is 2.33 bits per heavy atom. The van der Waals surface area contributed by atoms with Crippen LogP contribution in [0.15, 0.2) is 0 Å². The van der Waals surface area contributed by atoms with Gasteiger partial charge < -0.3 is 4.74 Å². The smallest absolute Gasteiger partial charge is 0.157 e. The molecule has 1 rings (SSSR count). The minimum absolute atomic E-state index is 0.408. The number of thioether (sulfide) groups is 1. The summed E-state index contributed by atoms with van der Waals surface area (Å²) in [4.78, 5) is 0. The van der Waals surface area contributed by atoms with E-state index < -0.39 is 0 Å². The van der Waals surface area contributed by atoms with E-state index in [1.165, 1.54) is 25.7 Å². The predicted octanol–water partition coefficient (Wildman–Crippen LogP) is 3.02. The van der Waals surface area contributed by atoms with Crippen molar-refractivity contribution in [1.29, 1.82) is 0 Å². The summed E-state index contributed by atoms with van der Waals surface area (Å²) in [5.74, 6) is 0. The standard InChI is InChI=1S/C9H16OS2/c1-7(11)10-8-3-5-9(12-2)6-4-8/h8-9H,3-6H2,1-2H3. The highest BCUT2D eigenvalue weighted by atomic mass is 32.2. The van der Waals surface area contributed by atoms with E-state index in [1.54, 1.807) is 0 Å². The van der Waals surface area contributed by atoms with E-state index in [-0.39, 0.29) is 0 Å². The molecule has 1 aliphatic rings. The molecule has 1 fully saturated rings. The van der Waals surface area contributed by atoms with Crippen LogP contribution in [0.1, 0.15) is 32.6 Å². The topological polar surface area (TPSA) is 9.23 Å². The quantitative estimate of drug-likeness (QED) is 0.640. The average molecular weight is 204 g/mol. The lowest BCUT2D eigenvalue weighted by Gasteiger charge is -2.27. The van der Waals surface area contributed by atoms with Crippen LogP contribution in [-0.2, 0) is 4.74 Å².